The molecule has 1 saturated heterocycles. The third kappa shape index (κ3) is 4.31. The minimum atomic E-state index is -0.774. The van der Waals surface area contributed by atoms with Crippen molar-refractivity contribution < 1.29 is 14.4 Å². The van der Waals surface area contributed by atoms with Crippen LogP contribution in [0.15, 0.2) is 48.5 Å². The standard InChI is InChI=1S/C23H27N3O3/c1-15-9-8-12-19(16(15)2)26-14-18(13-20(26)27)22(28)24-21(23(29)25(3)4)17-10-6-5-7-11-17/h5-12,18,21H,13-14H2,1-4H3,(H,24,28)/t18-,21-/m0/s1. The number of hydrogen-bond donors (Lipinski definition) is 1. The molecule has 0 spiro atoms. The van der Waals surface area contributed by atoms with Gasteiger partial charge in [-0.3, -0.25) is 14.4 Å². The predicted octanol–water partition coefficient (Wildman–Crippen LogP) is 2.60. The summed E-state index contributed by atoms with van der Waals surface area (Å²) in [5.74, 6) is -1.06. The number of benzene rings is 2. The number of aryl methyl sites for hydroxylation is 1. The van der Waals surface area contributed by atoms with Crippen LogP contribution >= 0.6 is 0 Å². The number of carbonyl (C=O) groups excluding carboxylic acids is 3. The van der Waals surface area contributed by atoms with Gasteiger partial charge in [-0.2, -0.15) is 0 Å². The van der Waals surface area contributed by atoms with Gasteiger partial charge in [0, 0.05) is 32.7 Å². The van der Waals surface area contributed by atoms with Crippen LogP contribution in [0.4, 0.5) is 5.69 Å². The smallest absolute Gasteiger partial charge is 0.249 e. The average molecular weight is 393 g/mol. The lowest BCUT2D eigenvalue weighted by Crippen LogP contribution is -2.42. The van der Waals surface area contributed by atoms with Gasteiger partial charge in [0.05, 0.1) is 5.92 Å². The van der Waals surface area contributed by atoms with Gasteiger partial charge in [-0.1, -0.05) is 42.5 Å². The van der Waals surface area contributed by atoms with Crippen molar-refractivity contribution in [2.24, 2.45) is 5.92 Å². The second kappa shape index (κ2) is 8.47. The first-order valence-electron chi connectivity index (χ1n) is 9.72. The van der Waals surface area contributed by atoms with Crippen LogP contribution < -0.4 is 10.2 Å². The SMILES string of the molecule is Cc1cccc(N2C[C@@H](C(=O)N[C@H](C(=O)N(C)C)c3ccccc3)CC2=O)c1C. The minimum Gasteiger partial charge on any atom is -0.347 e. The maximum Gasteiger partial charge on any atom is 0.249 e. The Bertz CT molecular complexity index is 924. The lowest BCUT2D eigenvalue weighted by molar-refractivity contribution is -0.135. The van der Waals surface area contributed by atoms with E-state index < -0.39 is 12.0 Å². The molecule has 152 valence electrons. The summed E-state index contributed by atoms with van der Waals surface area (Å²) in [4.78, 5) is 41.4. The molecule has 3 amide bonds. The van der Waals surface area contributed by atoms with Crippen molar-refractivity contribution in [2.45, 2.75) is 26.3 Å². The molecular weight excluding hydrogens is 366 g/mol. The molecule has 2 aromatic carbocycles. The molecule has 2 aromatic rings. The molecule has 0 aliphatic carbocycles. The fourth-order valence-electron chi connectivity index (χ4n) is 3.60. The molecule has 1 heterocycles. The van der Waals surface area contributed by atoms with Crippen LogP contribution in [0, 0.1) is 19.8 Å². The molecule has 1 fully saturated rings. The van der Waals surface area contributed by atoms with Crippen LogP contribution in [0.1, 0.15) is 29.2 Å². The molecule has 2 atom stereocenters. The van der Waals surface area contributed by atoms with E-state index in [0.29, 0.717) is 6.54 Å². The van der Waals surface area contributed by atoms with E-state index in [2.05, 4.69) is 5.32 Å². The first kappa shape index (κ1) is 20.6. The topological polar surface area (TPSA) is 69.7 Å². The Labute approximate surface area is 171 Å². The zero-order valence-electron chi connectivity index (χ0n) is 17.3. The fraction of sp³-hybridized carbons (Fsp3) is 0.348. The van der Waals surface area contributed by atoms with E-state index in [4.69, 9.17) is 0 Å². The predicted molar refractivity (Wildman–Crippen MR) is 112 cm³/mol. The molecule has 6 heteroatoms. The Morgan fingerprint density at radius 3 is 2.41 bits per heavy atom. The van der Waals surface area contributed by atoms with Gasteiger partial charge >= 0.3 is 0 Å². The molecule has 0 saturated carbocycles. The summed E-state index contributed by atoms with van der Waals surface area (Å²) < 4.78 is 0. The fourth-order valence-corrected chi connectivity index (χ4v) is 3.60. The molecule has 29 heavy (non-hydrogen) atoms. The van der Waals surface area contributed by atoms with Crippen LogP contribution in [0.3, 0.4) is 0 Å². The normalized spacial score (nSPS) is 17.2. The van der Waals surface area contributed by atoms with E-state index in [1.165, 1.54) is 4.90 Å². The number of hydrogen-bond acceptors (Lipinski definition) is 3. The van der Waals surface area contributed by atoms with Gasteiger partial charge < -0.3 is 15.1 Å². The highest BCUT2D eigenvalue weighted by atomic mass is 16.2. The second-order valence-corrected chi connectivity index (χ2v) is 7.71. The van der Waals surface area contributed by atoms with Gasteiger partial charge in [-0.05, 0) is 36.6 Å². The maximum atomic E-state index is 13.0. The van der Waals surface area contributed by atoms with Crippen LogP contribution in [-0.2, 0) is 14.4 Å². The summed E-state index contributed by atoms with van der Waals surface area (Å²) in [5.41, 5.74) is 3.69. The molecule has 1 aliphatic heterocycles. The molecule has 1 N–H and O–H groups in total. The summed E-state index contributed by atoms with van der Waals surface area (Å²) >= 11 is 0. The first-order valence-corrected chi connectivity index (χ1v) is 9.72. The molecule has 0 unspecified atom stereocenters. The number of nitrogens with zero attached hydrogens (tertiary/aromatic N) is 2. The van der Waals surface area contributed by atoms with Gasteiger partial charge in [0.1, 0.15) is 6.04 Å². The van der Waals surface area contributed by atoms with E-state index >= 15 is 0 Å². The summed E-state index contributed by atoms with van der Waals surface area (Å²) in [5, 5.41) is 2.87. The molecular formula is C23H27N3O3. The number of nitrogens with one attached hydrogen (secondary N) is 1. The van der Waals surface area contributed by atoms with Gasteiger partial charge in [-0.25, -0.2) is 0 Å². The average Bonchev–Trinajstić information content (AvgIpc) is 3.09. The summed E-state index contributed by atoms with van der Waals surface area (Å²) in [6, 6.07) is 14.2. The van der Waals surface area contributed by atoms with Crippen LogP contribution in [-0.4, -0.2) is 43.3 Å². The number of rotatable bonds is 5. The van der Waals surface area contributed by atoms with Crippen molar-refractivity contribution in [1.29, 1.82) is 0 Å². The Hall–Kier alpha value is -3.15. The molecule has 0 bridgehead atoms. The van der Waals surface area contributed by atoms with E-state index in [-0.39, 0.29) is 24.1 Å². The highest BCUT2D eigenvalue weighted by Gasteiger charge is 2.37. The molecule has 1 aliphatic rings. The minimum absolute atomic E-state index is 0.0750. The first-order chi connectivity index (χ1) is 13.8. The number of anilines is 1. The monoisotopic (exact) mass is 393 g/mol. The highest BCUT2D eigenvalue weighted by molar-refractivity contribution is 6.01. The maximum absolute atomic E-state index is 13.0. The van der Waals surface area contributed by atoms with Crippen molar-refractivity contribution >= 4 is 23.4 Å². The van der Waals surface area contributed by atoms with Crippen molar-refractivity contribution in [3.63, 3.8) is 0 Å². The van der Waals surface area contributed by atoms with Crippen molar-refractivity contribution in [2.75, 3.05) is 25.5 Å². The van der Waals surface area contributed by atoms with Crippen molar-refractivity contribution in [1.82, 2.24) is 10.2 Å². The third-order valence-electron chi connectivity index (χ3n) is 5.47. The van der Waals surface area contributed by atoms with Crippen LogP contribution in [0.5, 0.6) is 0 Å². The van der Waals surface area contributed by atoms with Crippen LogP contribution in [0.2, 0.25) is 0 Å². The van der Waals surface area contributed by atoms with Gasteiger partial charge in [0.2, 0.25) is 17.7 Å². The van der Waals surface area contributed by atoms with E-state index in [1.807, 2.05) is 62.4 Å². The Morgan fingerprint density at radius 1 is 1.07 bits per heavy atom. The lowest BCUT2D eigenvalue weighted by atomic mass is 10.0. The van der Waals surface area contributed by atoms with Gasteiger partial charge in [-0.15, -0.1) is 0 Å². The number of likely N-dealkylation sites (N-methyl/N-ethyl adjacent to an activating group) is 1. The number of amides is 3. The Morgan fingerprint density at radius 2 is 1.76 bits per heavy atom. The quantitative estimate of drug-likeness (QED) is 0.849. The van der Waals surface area contributed by atoms with Crippen LogP contribution in [0.25, 0.3) is 0 Å². The largest absolute Gasteiger partial charge is 0.347 e. The van der Waals surface area contributed by atoms with E-state index in [9.17, 15) is 14.4 Å². The molecule has 0 radical (unpaired) electrons. The zero-order chi connectivity index (χ0) is 21.1. The summed E-state index contributed by atoms with van der Waals surface area (Å²) in [7, 11) is 3.32. The van der Waals surface area contributed by atoms with Crippen molar-refractivity contribution in [3.8, 4) is 0 Å². The molecule has 0 aromatic heterocycles. The Balaban J connectivity index is 1.78. The summed E-state index contributed by atoms with van der Waals surface area (Å²) in [6.45, 7) is 4.29. The lowest BCUT2D eigenvalue weighted by Gasteiger charge is -2.24. The van der Waals surface area contributed by atoms with Gasteiger partial charge in [0.15, 0.2) is 0 Å². The Kier molecular flexibility index (Phi) is 6.01. The zero-order valence-corrected chi connectivity index (χ0v) is 17.3. The molecule has 6 nitrogen and oxygen atoms in total. The molecule has 3 rings (SSSR count). The highest BCUT2D eigenvalue weighted by Crippen LogP contribution is 2.30. The van der Waals surface area contributed by atoms with Gasteiger partial charge in [0.25, 0.3) is 0 Å². The second-order valence-electron chi connectivity index (χ2n) is 7.71. The van der Waals surface area contributed by atoms with Crippen molar-refractivity contribution in [3.05, 3.63) is 65.2 Å². The number of carbonyl (C=O) groups is 3. The van der Waals surface area contributed by atoms with E-state index in [1.54, 1.807) is 19.0 Å². The third-order valence-corrected chi connectivity index (χ3v) is 5.47. The van der Waals surface area contributed by atoms with E-state index in [0.717, 1.165) is 22.4 Å². The summed E-state index contributed by atoms with van der Waals surface area (Å²) in [6.07, 6.45) is 0.136.